The minimum atomic E-state index is -0.348. The van der Waals surface area contributed by atoms with Gasteiger partial charge in [0.15, 0.2) is 5.16 Å². The topological polar surface area (TPSA) is 54.3 Å². The van der Waals surface area contributed by atoms with E-state index in [1.165, 1.54) is 24.2 Å². The van der Waals surface area contributed by atoms with E-state index in [-0.39, 0.29) is 17.0 Å². The number of nitrogens with zero attached hydrogens (tertiary/aromatic N) is 5. The van der Waals surface area contributed by atoms with Crippen LogP contribution < -0.4 is 0 Å². The summed E-state index contributed by atoms with van der Waals surface area (Å²) >= 11 is 1.31. The van der Waals surface area contributed by atoms with Crippen LogP contribution in [0.5, 0.6) is 0 Å². The molecular formula is C17H22FN5OS. The second-order valence-corrected chi connectivity index (χ2v) is 7.26. The predicted octanol–water partition coefficient (Wildman–Crippen LogP) is 2.05. The van der Waals surface area contributed by atoms with Gasteiger partial charge in [-0.25, -0.2) is 4.39 Å². The number of amides is 1. The Morgan fingerprint density at radius 3 is 2.68 bits per heavy atom. The second kappa shape index (κ2) is 7.97. The van der Waals surface area contributed by atoms with Crippen LogP contribution in [0.4, 0.5) is 4.39 Å². The molecule has 2 aromatic rings. The highest BCUT2D eigenvalue weighted by Gasteiger charge is 2.26. The Labute approximate surface area is 151 Å². The van der Waals surface area contributed by atoms with Gasteiger partial charge in [0.25, 0.3) is 0 Å². The number of halogens is 1. The molecule has 1 saturated heterocycles. The van der Waals surface area contributed by atoms with E-state index in [0.29, 0.717) is 10.8 Å². The molecule has 0 bridgehead atoms. The second-order valence-electron chi connectivity index (χ2n) is 5.95. The fraction of sp³-hybridized carbons (Fsp3) is 0.471. The Morgan fingerprint density at radius 1 is 1.28 bits per heavy atom. The highest BCUT2D eigenvalue weighted by atomic mass is 32.2. The SMILES string of the molecule is CCN1CCN(C(=O)[C@@H](C)Sc2nncn2-c2ccccc2F)CC1. The Hall–Kier alpha value is -1.93. The average Bonchev–Trinajstić information content (AvgIpc) is 3.09. The summed E-state index contributed by atoms with van der Waals surface area (Å²) in [5.74, 6) is -0.261. The highest BCUT2D eigenvalue weighted by Crippen LogP contribution is 2.26. The van der Waals surface area contributed by atoms with Crippen LogP contribution in [0, 0.1) is 5.82 Å². The molecule has 25 heavy (non-hydrogen) atoms. The summed E-state index contributed by atoms with van der Waals surface area (Å²) in [7, 11) is 0. The van der Waals surface area contributed by atoms with Gasteiger partial charge in [-0.2, -0.15) is 0 Å². The van der Waals surface area contributed by atoms with Crippen molar-refractivity contribution >= 4 is 17.7 Å². The lowest BCUT2D eigenvalue weighted by Crippen LogP contribution is -2.50. The molecule has 1 aromatic heterocycles. The van der Waals surface area contributed by atoms with Gasteiger partial charge >= 0.3 is 0 Å². The number of piperazine rings is 1. The van der Waals surface area contributed by atoms with Crippen LogP contribution in [0.2, 0.25) is 0 Å². The van der Waals surface area contributed by atoms with Crippen molar-refractivity contribution in [3.63, 3.8) is 0 Å². The monoisotopic (exact) mass is 363 g/mol. The zero-order valence-corrected chi connectivity index (χ0v) is 15.2. The van der Waals surface area contributed by atoms with Crippen molar-refractivity contribution in [2.24, 2.45) is 0 Å². The number of hydrogen-bond donors (Lipinski definition) is 0. The summed E-state index contributed by atoms with van der Waals surface area (Å²) < 4.78 is 15.6. The third kappa shape index (κ3) is 4.01. The van der Waals surface area contributed by atoms with Crippen LogP contribution in [-0.4, -0.2) is 68.4 Å². The van der Waals surface area contributed by atoms with Gasteiger partial charge < -0.3 is 9.80 Å². The number of hydrogen-bond acceptors (Lipinski definition) is 5. The van der Waals surface area contributed by atoms with Gasteiger partial charge in [-0.05, 0) is 25.6 Å². The molecule has 1 aromatic carbocycles. The first-order chi connectivity index (χ1) is 12.1. The number of carbonyl (C=O) groups excluding carboxylic acids is 1. The maximum absolute atomic E-state index is 14.0. The average molecular weight is 363 g/mol. The molecule has 0 saturated carbocycles. The van der Waals surface area contributed by atoms with E-state index in [1.807, 2.05) is 11.8 Å². The zero-order chi connectivity index (χ0) is 17.8. The predicted molar refractivity (Wildman–Crippen MR) is 95.3 cm³/mol. The van der Waals surface area contributed by atoms with Crippen LogP contribution in [0.3, 0.4) is 0 Å². The number of para-hydroxylation sites is 1. The van der Waals surface area contributed by atoms with Gasteiger partial charge in [-0.15, -0.1) is 10.2 Å². The lowest BCUT2D eigenvalue weighted by molar-refractivity contribution is -0.132. The van der Waals surface area contributed by atoms with Crippen LogP contribution in [0.1, 0.15) is 13.8 Å². The van der Waals surface area contributed by atoms with Gasteiger partial charge in [0, 0.05) is 26.2 Å². The van der Waals surface area contributed by atoms with Crippen molar-refractivity contribution in [3.8, 4) is 5.69 Å². The van der Waals surface area contributed by atoms with Gasteiger partial charge in [-0.3, -0.25) is 9.36 Å². The number of likely N-dealkylation sites (N-methyl/N-ethyl adjacent to an activating group) is 1. The Bertz CT molecular complexity index is 729. The smallest absolute Gasteiger partial charge is 0.235 e. The molecular weight excluding hydrogens is 341 g/mol. The van der Waals surface area contributed by atoms with Gasteiger partial charge in [0.05, 0.1) is 10.9 Å². The first kappa shape index (κ1) is 17.9. The first-order valence-electron chi connectivity index (χ1n) is 8.43. The molecule has 1 amide bonds. The number of carbonyl (C=O) groups is 1. The van der Waals surface area contributed by atoms with Crippen LogP contribution in [-0.2, 0) is 4.79 Å². The van der Waals surface area contributed by atoms with Crippen LogP contribution >= 0.6 is 11.8 Å². The molecule has 8 heteroatoms. The maximum Gasteiger partial charge on any atom is 0.235 e. The number of thioether (sulfide) groups is 1. The summed E-state index contributed by atoms with van der Waals surface area (Å²) in [6.45, 7) is 8.31. The van der Waals surface area contributed by atoms with E-state index >= 15 is 0 Å². The number of aromatic nitrogens is 3. The molecule has 0 unspecified atom stereocenters. The number of benzene rings is 1. The molecule has 1 aliphatic rings. The molecule has 0 spiro atoms. The van der Waals surface area contributed by atoms with Crippen molar-refractivity contribution in [2.75, 3.05) is 32.7 Å². The fourth-order valence-corrected chi connectivity index (χ4v) is 3.79. The molecule has 0 aliphatic carbocycles. The highest BCUT2D eigenvalue weighted by molar-refractivity contribution is 8.00. The standard InChI is InChI=1S/C17H22FN5OS/c1-3-21-8-10-22(11-9-21)16(24)13(2)25-17-20-19-12-23(17)15-7-5-4-6-14(15)18/h4-7,12-13H,3,8-11H2,1-2H3/t13-/m1/s1. The van der Waals surface area contributed by atoms with E-state index in [0.717, 1.165) is 32.7 Å². The Morgan fingerprint density at radius 2 is 2.00 bits per heavy atom. The molecule has 0 N–H and O–H groups in total. The summed E-state index contributed by atoms with van der Waals surface area (Å²) in [5.41, 5.74) is 0.381. The minimum Gasteiger partial charge on any atom is -0.339 e. The molecule has 1 fully saturated rings. The molecule has 0 radical (unpaired) electrons. The molecule has 6 nitrogen and oxygen atoms in total. The van der Waals surface area contributed by atoms with Gasteiger partial charge in [0.2, 0.25) is 5.91 Å². The molecule has 1 atom stereocenters. The van der Waals surface area contributed by atoms with E-state index < -0.39 is 0 Å². The van der Waals surface area contributed by atoms with Crippen molar-refractivity contribution < 1.29 is 9.18 Å². The molecule has 134 valence electrons. The Kier molecular flexibility index (Phi) is 5.70. The van der Waals surface area contributed by atoms with E-state index in [4.69, 9.17) is 0 Å². The summed E-state index contributed by atoms with van der Waals surface area (Å²) in [6, 6.07) is 6.46. The normalized spacial score (nSPS) is 16.8. The van der Waals surface area contributed by atoms with Crippen LogP contribution in [0.15, 0.2) is 35.7 Å². The van der Waals surface area contributed by atoms with Crippen LogP contribution in [0.25, 0.3) is 5.69 Å². The lowest BCUT2D eigenvalue weighted by Gasteiger charge is -2.35. The van der Waals surface area contributed by atoms with Crippen molar-refractivity contribution in [2.45, 2.75) is 24.3 Å². The van der Waals surface area contributed by atoms with E-state index in [9.17, 15) is 9.18 Å². The van der Waals surface area contributed by atoms with Crippen molar-refractivity contribution in [1.29, 1.82) is 0 Å². The summed E-state index contributed by atoms with van der Waals surface area (Å²) in [5, 5.41) is 8.15. The number of rotatable bonds is 5. The molecule has 2 heterocycles. The van der Waals surface area contributed by atoms with Crippen molar-refractivity contribution in [1.82, 2.24) is 24.6 Å². The van der Waals surface area contributed by atoms with Gasteiger partial charge in [-0.1, -0.05) is 30.8 Å². The zero-order valence-electron chi connectivity index (χ0n) is 14.4. The first-order valence-corrected chi connectivity index (χ1v) is 9.31. The largest absolute Gasteiger partial charge is 0.339 e. The molecule has 1 aliphatic heterocycles. The summed E-state index contributed by atoms with van der Waals surface area (Å²) in [4.78, 5) is 16.9. The lowest BCUT2D eigenvalue weighted by atomic mass is 10.3. The van der Waals surface area contributed by atoms with Crippen molar-refractivity contribution in [3.05, 3.63) is 36.4 Å². The Balaban J connectivity index is 1.68. The third-order valence-electron chi connectivity index (χ3n) is 4.39. The minimum absolute atomic E-state index is 0.0869. The third-order valence-corrected chi connectivity index (χ3v) is 5.43. The quantitative estimate of drug-likeness (QED) is 0.761. The van der Waals surface area contributed by atoms with E-state index in [1.54, 1.807) is 22.8 Å². The maximum atomic E-state index is 14.0. The van der Waals surface area contributed by atoms with E-state index in [2.05, 4.69) is 22.0 Å². The summed E-state index contributed by atoms with van der Waals surface area (Å²) in [6.07, 6.45) is 1.47. The molecule has 3 rings (SSSR count). The van der Waals surface area contributed by atoms with Gasteiger partial charge in [0.1, 0.15) is 12.1 Å². The fourth-order valence-electron chi connectivity index (χ4n) is 2.87.